The summed E-state index contributed by atoms with van der Waals surface area (Å²) < 4.78 is 14.1. The highest BCUT2D eigenvalue weighted by atomic mass is 19.1. The lowest BCUT2D eigenvalue weighted by Crippen LogP contribution is -2.55. The molecule has 0 bridgehead atoms. The molecule has 188 valence electrons. The highest BCUT2D eigenvalue weighted by Crippen LogP contribution is 2.68. The molecule has 4 aliphatic carbocycles. The van der Waals surface area contributed by atoms with Crippen LogP contribution in [0.5, 0.6) is 0 Å². The zero-order valence-corrected chi connectivity index (χ0v) is 21.6. The molecule has 6 heteroatoms. The molecule has 1 aromatic heterocycles. The van der Waals surface area contributed by atoms with Gasteiger partial charge >= 0.3 is 0 Å². The van der Waals surface area contributed by atoms with E-state index < -0.39 is 11.4 Å². The Morgan fingerprint density at radius 1 is 1.06 bits per heavy atom. The minimum absolute atomic E-state index is 0.0392. The Morgan fingerprint density at radius 3 is 2.53 bits per heavy atom. The second kappa shape index (κ2) is 8.25. The summed E-state index contributed by atoms with van der Waals surface area (Å²) in [6.45, 7) is 10.4. The smallest absolute Gasteiger partial charge is 0.159 e. The monoisotopic (exact) mass is 471 g/mol. The number of aromatic nitrogens is 3. The molecule has 1 aromatic rings. The van der Waals surface area contributed by atoms with Crippen molar-refractivity contribution in [2.45, 2.75) is 105 Å². The molecule has 0 saturated heterocycles. The fourth-order valence-electron chi connectivity index (χ4n) is 9.07. The highest BCUT2D eigenvalue weighted by molar-refractivity contribution is 5.82. The molecule has 4 fully saturated rings. The molecular weight excluding hydrogens is 429 g/mol. The number of fused-ring (bicyclic) bond motifs is 5. The first-order chi connectivity index (χ1) is 16.0. The summed E-state index contributed by atoms with van der Waals surface area (Å²) in [5.74, 6) is 2.50. The summed E-state index contributed by atoms with van der Waals surface area (Å²) in [6, 6.07) is 0. The number of carbonyl (C=O) groups excluding carboxylic acids is 1. The predicted octanol–water partition coefficient (Wildman–Crippen LogP) is 5.90. The zero-order valence-electron chi connectivity index (χ0n) is 21.6. The number of aliphatic hydroxyl groups is 1. The fourth-order valence-corrected chi connectivity index (χ4v) is 9.07. The van der Waals surface area contributed by atoms with Crippen LogP contribution in [-0.4, -0.2) is 31.5 Å². The van der Waals surface area contributed by atoms with Crippen LogP contribution in [0.1, 0.15) is 96.9 Å². The largest absolute Gasteiger partial charge is 0.390 e. The first-order valence-corrected chi connectivity index (χ1v) is 13.5. The van der Waals surface area contributed by atoms with Crippen LogP contribution in [0.15, 0.2) is 6.08 Å². The van der Waals surface area contributed by atoms with Crippen molar-refractivity contribution in [1.82, 2.24) is 15.0 Å². The molecule has 4 saturated carbocycles. The van der Waals surface area contributed by atoms with Crippen molar-refractivity contribution in [1.29, 1.82) is 0 Å². The lowest BCUT2D eigenvalue weighted by atomic mass is 9.44. The molecule has 5 nitrogen and oxygen atoms in total. The number of allylic oxidation sites excluding steroid dienone is 1. The molecule has 0 aliphatic heterocycles. The lowest BCUT2D eigenvalue weighted by Gasteiger charge is -2.61. The Morgan fingerprint density at radius 2 is 1.79 bits per heavy atom. The summed E-state index contributed by atoms with van der Waals surface area (Å²) in [5.41, 5.74) is 0.637. The van der Waals surface area contributed by atoms with Crippen molar-refractivity contribution < 1.29 is 14.3 Å². The zero-order chi connectivity index (χ0) is 24.5. The number of Topliss-reactive ketones (excluding diaryl/α,β-unsaturated/α-hetero) is 1. The van der Waals surface area contributed by atoms with Crippen molar-refractivity contribution in [2.75, 3.05) is 0 Å². The van der Waals surface area contributed by atoms with Crippen LogP contribution in [-0.2, 0) is 11.3 Å². The van der Waals surface area contributed by atoms with Crippen molar-refractivity contribution in [3.63, 3.8) is 0 Å². The molecule has 5 rings (SSSR count). The SMILES string of the molecule is C/C=C(\F)c1nn(CC(=O)[C@H]2CC[C@H]3[C@@H]4CC[C@@H]5C[C@](C)(O)CC[C@]5(C)[C@H]4CC[C@]23C)nc1C. The minimum atomic E-state index is -0.500. The number of carbonyl (C=O) groups is 1. The molecule has 34 heavy (non-hydrogen) atoms. The maximum absolute atomic E-state index is 14.1. The average Bonchev–Trinajstić information content (AvgIpc) is 3.32. The van der Waals surface area contributed by atoms with Gasteiger partial charge in [0.15, 0.2) is 5.78 Å². The Bertz CT molecular complexity index is 1000. The van der Waals surface area contributed by atoms with E-state index in [0.717, 1.165) is 44.4 Å². The number of ketones is 1. The van der Waals surface area contributed by atoms with Gasteiger partial charge in [-0.3, -0.25) is 4.79 Å². The Hall–Kier alpha value is -1.56. The van der Waals surface area contributed by atoms with E-state index in [9.17, 15) is 14.3 Å². The third kappa shape index (κ3) is 3.70. The predicted molar refractivity (Wildman–Crippen MR) is 130 cm³/mol. The number of aryl methyl sites for hydroxylation is 1. The van der Waals surface area contributed by atoms with E-state index >= 15 is 0 Å². The standard InChI is InChI=1S/C28H42FN3O2/c1-6-23(29)25-17(2)30-32(31-25)16-24(33)22-10-9-20-19-8-7-18-15-26(3,34)13-14-27(18,4)21(19)11-12-28(20,22)5/h6,18-22,34H,7-16H2,1-5H3/b23-6-/t18-,19+,20+,21+,22-,26-,27+,28+/m1/s1. The normalized spacial score (nSPS) is 44.3. The molecule has 0 spiro atoms. The van der Waals surface area contributed by atoms with Crippen LogP contribution in [0.4, 0.5) is 4.39 Å². The van der Waals surface area contributed by atoms with E-state index in [1.54, 1.807) is 13.8 Å². The van der Waals surface area contributed by atoms with Crippen LogP contribution in [0, 0.1) is 47.3 Å². The van der Waals surface area contributed by atoms with Crippen molar-refractivity contribution >= 4 is 11.6 Å². The van der Waals surface area contributed by atoms with Gasteiger partial charge in [-0.25, -0.2) is 4.39 Å². The number of hydrogen-bond acceptors (Lipinski definition) is 4. The van der Waals surface area contributed by atoms with Crippen LogP contribution < -0.4 is 0 Å². The van der Waals surface area contributed by atoms with Crippen LogP contribution >= 0.6 is 0 Å². The van der Waals surface area contributed by atoms with E-state index in [2.05, 4.69) is 24.0 Å². The van der Waals surface area contributed by atoms with E-state index in [1.807, 2.05) is 6.92 Å². The van der Waals surface area contributed by atoms with E-state index in [4.69, 9.17) is 0 Å². The molecule has 1 heterocycles. The molecule has 8 atom stereocenters. The number of halogens is 1. The van der Waals surface area contributed by atoms with Crippen molar-refractivity contribution in [3.05, 3.63) is 17.5 Å². The van der Waals surface area contributed by atoms with Gasteiger partial charge in [0, 0.05) is 5.92 Å². The molecule has 4 aliphatic rings. The van der Waals surface area contributed by atoms with E-state index in [-0.39, 0.29) is 29.4 Å². The van der Waals surface area contributed by atoms with E-state index in [0.29, 0.717) is 28.9 Å². The Kier molecular flexibility index (Phi) is 5.86. The fraction of sp³-hybridized carbons (Fsp3) is 0.821. The van der Waals surface area contributed by atoms with Gasteiger partial charge in [0.1, 0.15) is 18.1 Å². The topological polar surface area (TPSA) is 68.0 Å². The summed E-state index contributed by atoms with van der Waals surface area (Å²) in [5, 5.41) is 19.3. The lowest BCUT2D eigenvalue weighted by molar-refractivity contribution is -0.151. The van der Waals surface area contributed by atoms with Crippen LogP contribution in [0.2, 0.25) is 0 Å². The molecule has 0 amide bonds. The van der Waals surface area contributed by atoms with Gasteiger partial charge in [0.05, 0.1) is 11.3 Å². The van der Waals surface area contributed by atoms with Crippen LogP contribution in [0.25, 0.3) is 5.83 Å². The second-order valence-electron chi connectivity index (χ2n) is 12.8. The van der Waals surface area contributed by atoms with Crippen LogP contribution in [0.3, 0.4) is 0 Å². The summed E-state index contributed by atoms with van der Waals surface area (Å²) >= 11 is 0. The third-order valence-electron chi connectivity index (χ3n) is 10.9. The molecule has 0 radical (unpaired) electrons. The first-order valence-electron chi connectivity index (χ1n) is 13.5. The number of hydrogen-bond donors (Lipinski definition) is 1. The maximum Gasteiger partial charge on any atom is 0.159 e. The minimum Gasteiger partial charge on any atom is -0.390 e. The van der Waals surface area contributed by atoms with Gasteiger partial charge in [-0.2, -0.15) is 15.0 Å². The molecule has 0 unspecified atom stereocenters. The van der Waals surface area contributed by atoms with E-state index in [1.165, 1.54) is 30.1 Å². The summed E-state index contributed by atoms with van der Waals surface area (Å²) in [7, 11) is 0. The second-order valence-corrected chi connectivity index (χ2v) is 12.8. The quantitative estimate of drug-likeness (QED) is 0.594. The van der Waals surface area contributed by atoms with Gasteiger partial charge in [-0.15, -0.1) is 0 Å². The Balaban J connectivity index is 1.32. The van der Waals surface area contributed by atoms with Gasteiger partial charge in [-0.05, 0) is 119 Å². The van der Waals surface area contributed by atoms with Gasteiger partial charge in [0.2, 0.25) is 0 Å². The van der Waals surface area contributed by atoms with Gasteiger partial charge in [0.25, 0.3) is 0 Å². The molecule has 1 N–H and O–H groups in total. The van der Waals surface area contributed by atoms with Gasteiger partial charge < -0.3 is 5.11 Å². The Labute approximate surface area is 203 Å². The molecular formula is C28H42FN3O2. The summed E-state index contributed by atoms with van der Waals surface area (Å²) in [4.78, 5) is 14.9. The first kappa shape index (κ1) is 24.1. The third-order valence-corrected chi connectivity index (χ3v) is 10.9. The number of rotatable bonds is 4. The van der Waals surface area contributed by atoms with Crippen molar-refractivity contribution in [3.8, 4) is 0 Å². The highest BCUT2D eigenvalue weighted by Gasteiger charge is 2.61. The maximum atomic E-state index is 14.1. The van der Waals surface area contributed by atoms with Crippen molar-refractivity contribution in [2.24, 2.45) is 40.4 Å². The summed E-state index contributed by atoms with van der Waals surface area (Å²) in [6.07, 6.45) is 11.2. The van der Waals surface area contributed by atoms with Gasteiger partial charge in [-0.1, -0.05) is 13.8 Å². The average molecular weight is 472 g/mol. The number of nitrogens with zero attached hydrogens (tertiary/aromatic N) is 3. The molecule has 0 aromatic carbocycles.